The van der Waals surface area contributed by atoms with E-state index in [4.69, 9.17) is 23.1 Å². The van der Waals surface area contributed by atoms with E-state index in [-0.39, 0.29) is 16.3 Å². The van der Waals surface area contributed by atoms with Crippen LogP contribution in [0.3, 0.4) is 0 Å². The minimum absolute atomic E-state index is 0.0831. The second-order valence-corrected chi connectivity index (χ2v) is 3.60. The Bertz CT molecular complexity index is 344. The van der Waals surface area contributed by atoms with E-state index in [0.717, 1.165) is 12.1 Å². The van der Waals surface area contributed by atoms with Gasteiger partial charge in [-0.15, -0.1) is 0 Å². The Labute approximate surface area is 86.5 Å². The molecule has 3 nitrogen and oxygen atoms in total. The summed E-state index contributed by atoms with van der Waals surface area (Å²) >= 11 is 5.65. The minimum atomic E-state index is -1.01. The molecule has 0 aliphatic rings. The molecule has 1 rings (SSSR count). The van der Waals surface area contributed by atoms with Gasteiger partial charge in [-0.1, -0.05) is 11.6 Å². The predicted molar refractivity (Wildman–Crippen MR) is 54.4 cm³/mol. The van der Waals surface area contributed by atoms with Crippen molar-refractivity contribution in [1.29, 1.82) is 0 Å². The Kier molecular flexibility index (Phi) is 3.31. The van der Waals surface area contributed by atoms with Crippen molar-refractivity contribution in [2.75, 3.05) is 5.73 Å². The van der Waals surface area contributed by atoms with Crippen molar-refractivity contribution in [2.24, 2.45) is 5.73 Å². The molecule has 14 heavy (non-hydrogen) atoms. The highest BCUT2D eigenvalue weighted by Crippen LogP contribution is 2.29. The lowest BCUT2D eigenvalue weighted by molar-refractivity contribution is 0.153. The molecule has 0 radical (unpaired) electrons. The molecule has 0 amide bonds. The van der Waals surface area contributed by atoms with Gasteiger partial charge in [0.2, 0.25) is 0 Å². The summed E-state index contributed by atoms with van der Waals surface area (Å²) in [6.45, 7) is 1.60. The molecule has 0 aliphatic carbocycles. The van der Waals surface area contributed by atoms with E-state index < -0.39 is 18.0 Å². The molecule has 5 heteroatoms. The molecule has 5 N–H and O–H groups in total. The first-order valence-corrected chi connectivity index (χ1v) is 4.49. The second-order valence-electron chi connectivity index (χ2n) is 3.19. The van der Waals surface area contributed by atoms with Crippen LogP contribution in [0.1, 0.15) is 18.6 Å². The summed E-state index contributed by atoms with van der Waals surface area (Å²) in [7, 11) is 0. The van der Waals surface area contributed by atoms with Gasteiger partial charge >= 0.3 is 0 Å². The van der Waals surface area contributed by atoms with Gasteiger partial charge in [0.1, 0.15) is 5.82 Å². The molecule has 0 saturated carbocycles. The Hall–Kier alpha value is -0.840. The fraction of sp³-hybridized carbons (Fsp3) is 0.333. The number of nitrogen functional groups attached to an aromatic ring is 1. The van der Waals surface area contributed by atoms with E-state index >= 15 is 0 Å². The van der Waals surface area contributed by atoms with Crippen LogP contribution in [0.4, 0.5) is 10.1 Å². The van der Waals surface area contributed by atoms with Gasteiger partial charge in [0.25, 0.3) is 0 Å². The van der Waals surface area contributed by atoms with Crippen LogP contribution in [0.2, 0.25) is 5.02 Å². The summed E-state index contributed by atoms with van der Waals surface area (Å²) in [5.41, 5.74) is 11.4. The molecule has 1 aromatic carbocycles. The topological polar surface area (TPSA) is 72.3 Å². The zero-order valence-corrected chi connectivity index (χ0v) is 8.42. The maximum Gasteiger partial charge on any atom is 0.125 e. The highest BCUT2D eigenvalue weighted by atomic mass is 35.5. The summed E-state index contributed by atoms with van der Waals surface area (Å²) in [6, 6.07) is 1.69. The molecule has 0 unspecified atom stereocenters. The number of nitrogens with two attached hydrogens (primary N) is 2. The Morgan fingerprint density at radius 3 is 2.57 bits per heavy atom. The van der Waals surface area contributed by atoms with E-state index in [2.05, 4.69) is 0 Å². The highest BCUT2D eigenvalue weighted by Gasteiger charge is 2.18. The quantitative estimate of drug-likeness (QED) is 0.658. The molecule has 0 aliphatic heterocycles. The third-order valence-electron chi connectivity index (χ3n) is 1.94. The van der Waals surface area contributed by atoms with E-state index in [0.29, 0.717) is 0 Å². The average Bonchev–Trinajstić information content (AvgIpc) is 2.09. The summed E-state index contributed by atoms with van der Waals surface area (Å²) in [4.78, 5) is 0. The molecule has 0 spiro atoms. The number of aliphatic hydroxyl groups is 1. The van der Waals surface area contributed by atoms with Gasteiger partial charge in [-0.05, 0) is 19.1 Å². The fourth-order valence-corrected chi connectivity index (χ4v) is 1.35. The lowest BCUT2D eigenvalue weighted by Gasteiger charge is -2.17. The molecule has 0 aromatic heterocycles. The zero-order valence-electron chi connectivity index (χ0n) is 7.67. The number of rotatable bonds is 2. The van der Waals surface area contributed by atoms with E-state index in [1.165, 1.54) is 0 Å². The standard InChI is InChI=1S/C9H12ClFN2O/c1-4(12)9(14)6-2-5(11)3-7(10)8(6)13/h2-4,9,14H,12-13H2,1H3/t4-,9+/m0/s1. The van der Waals surface area contributed by atoms with Crippen LogP contribution in [-0.4, -0.2) is 11.1 Å². The van der Waals surface area contributed by atoms with Gasteiger partial charge < -0.3 is 16.6 Å². The van der Waals surface area contributed by atoms with Crippen molar-refractivity contribution in [3.63, 3.8) is 0 Å². The van der Waals surface area contributed by atoms with Crippen molar-refractivity contribution in [3.8, 4) is 0 Å². The van der Waals surface area contributed by atoms with Crippen molar-refractivity contribution >= 4 is 17.3 Å². The first-order valence-electron chi connectivity index (χ1n) is 4.11. The van der Waals surface area contributed by atoms with E-state index in [1.54, 1.807) is 6.92 Å². The molecule has 2 atom stereocenters. The maximum atomic E-state index is 12.9. The number of hydrogen-bond acceptors (Lipinski definition) is 3. The smallest absolute Gasteiger partial charge is 0.125 e. The van der Waals surface area contributed by atoms with E-state index in [9.17, 15) is 9.50 Å². The van der Waals surface area contributed by atoms with Gasteiger partial charge in [0, 0.05) is 11.6 Å². The summed E-state index contributed by atoms with van der Waals surface area (Å²) in [6.07, 6.45) is -1.01. The third kappa shape index (κ3) is 2.15. The van der Waals surface area contributed by atoms with E-state index in [1.807, 2.05) is 0 Å². The number of anilines is 1. The van der Waals surface area contributed by atoms with Crippen LogP contribution in [0, 0.1) is 5.82 Å². The molecule has 0 saturated heterocycles. The Morgan fingerprint density at radius 2 is 2.07 bits per heavy atom. The third-order valence-corrected chi connectivity index (χ3v) is 2.26. The largest absolute Gasteiger partial charge is 0.397 e. The molecule has 78 valence electrons. The fourth-order valence-electron chi connectivity index (χ4n) is 1.13. The zero-order chi connectivity index (χ0) is 10.9. The van der Waals surface area contributed by atoms with Crippen LogP contribution in [0.15, 0.2) is 12.1 Å². The van der Waals surface area contributed by atoms with Gasteiger partial charge in [-0.25, -0.2) is 4.39 Å². The molecule has 0 fully saturated rings. The first kappa shape index (κ1) is 11.2. The second kappa shape index (κ2) is 4.13. The SMILES string of the molecule is C[C@H](N)[C@@H](O)c1cc(F)cc(Cl)c1N. The Morgan fingerprint density at radius 1 is 1.50 bits per heavy atom. The van der Waals surface area contributed by atoms with Crippen molar-refractivity contribution in [2.45, 2.75) is 19.1 Å². The van der Waals surface area contributed by atoms with Crippen LogP contribution in [0.5, 0.6) is 0 Å². The van der Waals surface area contributed by atoms with Gasteiger partial charge in [0.05, 0.1) is 16.8 Å². The monoisotopic (exact) mass is 218 g/mol. The molecular formula is C9H12ClFN2O. The van der Waals surface area contributed by atoms with Gasteiger partial charge in [-0.2, -0.15) is 0 Å². The minimum Gasteiger partial charge on any atom is -0.397 e. The van der Waals surface area contributed by atoms with Gasteiger partial charge in [-0.3, -0.25) is 0 Å². The molecule has 0 bridgehead atoms. The number of aliphatic hydroxyl groups excluding tert-OH is 1. The van der Waals surface area contributed by atoms with Crippen molar-refractivity contribution in [3.05, 3.63) is 28.5 Å². The van der Waals surface area contributed by atoms with Crippen molar-refractivity contribution < 1.29 is 9.50 Å². The summed E-state index contributed by atoms with van der Waals surface area (Å²) in [5.74, 6) is -0.543. The number of hydrogen-bond donors (Lipinski definition) is 3. The summed E-state index contributed by atoms with van der Waals surface area (Å²) in [5, 5.41) is 9.68. The lowest BCUT2D eigenvalue weighted by Crippen LogP contribution is -2.25. The lowest BCUT2D eigenvalue weighted by atomic mass is 10.0. The first-order chi connectivity index (χ1) is 6.43. The van der Waals surface area contributed by atoms with Crippen LogP contribution >= 0.6 is 11.6 Å². The van der Waals surface area contributed by atoms with Crippen molar-refractivity contribution in [1.82, 2.24) is 0 Å². The number of benzene rings is 1. The van der Waals surface area contributed by atoms with Crippen LogP contribution in [0.25, 0.3) is 0 Å². The highest BCUT2D eigenvalue weighted by molar-refractivity contribution is 6.33. The molecule has 0 heterocycles. The van der Waals surface area contributed by atoms with Crippen LogP contribution in [-0.2, 0) is 0 Å². The molecular weight excluding hydrogens is 207 g/mol. The normalized spacial score (nSPS) is 15.2. The molecule has 1 aromatic rings. The average molecular weight is 219 g/mol. The van der Waals surface area contributed by atoms with Gasteiger partial charge in [0.15, 0.2) is 0 Å². The Balaban J connectivity index is 3.20. The summed E-state index contributed by atoms with van der Waals surface area (Å²) < 4.78 is 12.9. The maximum absolute atomic E-state index is 12.9. The van der Waals surface area contributed by atoms with Crippen LogP contribution < -0.4 is 11.5 Å². The number of halogens is 2. The predicted octanol–water partition coefficient (Wildman–Crippen LogP) is 1.44.